The second kappa shape index (κ2) is 10.5. The maximum absolute atomic E-state index is 12.9. The van der Waals surface area contributed by atoms with Crippen LogP contribution in [0.4, 0.5) is 0 Å². The molecule has 0 fully saturated rings. The zero-order chi connectivity index (χ0) is 26.9. The fourth-order valence-corrected chi connectivity index (χ4v) is 6.69. The first-order valence-electron chi connectivity index (χ1n) is 12.3. The van der Waals surface area contributed by atoms with Crippen molar-refractivity contribution in [2.75, 3.05) is 13.2 Å². The lowest BCUT2D eigenvalue weighted by Gasteiger charge is -2.33. The first kappa shape index (κ1) is 26.3. The molecule has 196 valence electrons. The largest absolute Gasteiger partial charge is 0.297 e. The number of fused-ring (bicyclic) bond motifs is 2. The van der Waals surface area contributed by atoms with Crippen LogP contribution >= 0.6 is 0 Å². The molecule has 0 aliphatic heterocycles. The van der Waals surface area contributed by atoms with Gasteiger partial charge in [-0.25, -0.2) is 0 Å². The summed E-state index contributed by atoms with van der Waals surface area (Å²) < 4.78 is 62.9. The molecule has 4 aromatic rings. The Morgan fingerprint density at radius 3 is 1.08 bits per heavy atom. The van der Waals surface area contributed by atoms with E-state index in [0.29, 0.717) is 0 Å². The molecule has 0 atom stereocenters. The summed E-state index contributed by atoms with van der Waals surface area (Å²) >= 11 is 0. The van der Waals surface area contributed by atoms with Gasteiger partial charge in [-0.1, -0.05) is 83.9 Å². The maximum Gasteiger partial charge on any atom is 0.297 e. The average Bonchev–Trinajstić information content (AvgIpc) is 2.91. The average molecular weight is 549 g/mol. The minimum absolute atomic E-state index is 0.0839. The topological polar surface area (TPSA) is 86.7 Å². The van der Waals surface area contributed by atoms with Crippen LogP contribution in [0.3, 0.4) is 0 Å². The normalized spacial score (nSPS) is 17.0. The van der Waals surface area contributed by atoms with Gasteiger partial charge in [0.15, 0.2) is 0 Å². The molecule has 1 aliphatic rings. The Bertz CT molecular complexity index is 1490. The predicted molar refractivity (Wildman–Crippen MR) is 145 cm³/mol. The molecule has 0 aromatic heterocycles. The van der Waals surface area contributed by atoms with Gasteiger partial charge in [0.2, 0.25) is 0 Å². The van der Waals surface area contributed by atoms with E-state index in [1.807, 2.05) is 62.4 Å². The Balaban J connectivity index is 1.44. The highest BCUT2D eigenvalue weighted by Gasteiger charge is 2.34. The molecule has 0 bridgehead atoms. The lowest BCUT2D eigenvalue weighted by molar-refractivity contribution is 0.288. The molecule has 5 rings (SSSR count). The summed E-state index contributed by atoms with van der Waals surface area (Å²) in [4.78, 5) is 0.209. The van der Waals surface area contributed by atoms with Crippen molar-refractivity contribution in [1.29, 1.82) is 0 Å². The van der Waals surface area contributed by atoms with Gasteiger partial charge in [-0.15, -0.1) is 0 Å². The molecular weight excluding hydrogens is 520 g/mol. The standard InChI is InChI=1S/C30H28O6S2/c1-21-11-15-23(16-12-21)37(31,32)35-19-29-25-7-3-5-9-27(25)30(28-10-6-4-8-26(28)29)20-36-38(33,34)24-17-13-22(2)14-18-24/h3-18,29-30H,19-20H2,1-2H3. The van der Waals surface area contributed by atoms with E-state index in [9.17, 15) is 16.8 Å². The van der Waals surface area contributed by atoms with Crippen molar-refractivity contribution >= 4 is 20.2 Å². The molecule has 0 radical (unpaired) electrons. The highest BCUT2D eigenvalue weighted by Crippen LogP contribution is 2.44. The van der Waals surface area contributed by atoms with Crippen molar-refractivity contribution in [2.45, 2.75) is 35.5 Å². The van der Waals surface area contributed by atoms with Crippen LogP contribution in [-0.2, 0) is 28.6 Å². The van der Waals surface area contributed by atoms with E-state index in [-0.39, 0.29) is 34.8 Å². The highest BCUT2D eigenvalue weighted by atomic mass is 32.2. The zero-order valence-electron chi connectivity index (χ0n) is 21.1. The number of hydrogen-bond donors (Lipinski definition) is 0. The van der Waals surface area contributed by atoms with Gasteiger partial charge < -0.3 is 0 Å². The molecule has 8 heteroatoms. The Labute approximate surface area is 224 Å². The van der Waals surface area contributed by atoms with E-state index < -0.39 is 20.2 Å². The summed E-state index contributed by atoms with van der Waals surface area (Å²) in [6, 6.07) is 28.3. The van der Waals surface area contributed by atoms with Crippen LogP contribution < -0.4 is 0 Å². The van der Waals surface area contributed by atoms with Gasteiger partial charge in [0.1, 0.15) is 0 Å². The lowest BCUT2D eigenvalue weighted by atomic mass is 9.73. The summed E-state index contributed by atoms with van der Waals surface area (Å²) in [6.45, 7) is 3.61. The van der Waals surface area contributed by atoms with E-state index in [4.69, 9.17) is 8.37 Å². The van der Waals surface area contributed by atoms with Crippen LogP contribution in [0.25, 0.3) is 0 Å². The molecule has 0 saturated heterocycles. The summed E-state index contributed by atoms with van der Waals surface area (Å²) in [5, 5.41) is 0. The van der Waals surface area contributed by atoms with Crippen molar-refractivity contribution in [3.05, 3.63) is 130 Å². The molecule has 0 spiro atoms. The van der Waals surface area contributed by atoms with Gasteiger partial charge in [-0.05, 0) is 60.4 Å². The lowest BCUT2D eigenvalue weighted by Crippen LogP contribution is -2.26. The quantitative estimate of drug-likeness (QED) is 0.263. The summed E-state index contributed by atoms with van der Waals surface area (Å²) in [5.41, 5.74) is 5.44. The molecule has 4 aromatic carbocycles. The van der Waals surface area contributed by atoms with Gasteiger partial charge in [0.25, 0.3) is 20.2 Å². The van der Waals surface area contributed by atoms with Crippen LogP contribution in [0, 0.1) is 13.8 Å². The SMILES string of the molecule is Cc1ccc(S(=O)(=O)OCC2c3ccccc3C(COS(=O)(=O)c3ccc(C)cc3)c3ccccc32)cc1. The van der Waals surface area contributed by atoms with Crippen molar-refractivity contribution in [3.63, 3.8) is 0 Å². The van der Waals surface area contributed by atoms with Gasteiger partial charge >= 0.3 is 0 Å². The molecule has 0 saturated carbocycles. The van der Waals surface area contributed by atoms with Crippen molar-refractivity contribution in [1.82, 2.24) is 0 Å². The number of benzene rings is 4. The Morgan fingerprint density at radius 2 is 0.789 bits per heavy atom. The minimum atomic E-state index is -3.96. The molecule has 1 aliphatic carbocycles. The Morgan fingerprint density at radius 1 is 0.500 bits per heavy atom. The minimum Gasteiger partial charge on any atom is -0.265 e. The Hall–Kier alpha value is -3.30. The summed E-state index contributed by atoms with van der Waals surface area (Å²) in [5.74, 6) is -0.708. The van der Waals surface area contributed by atoms with Crippen molar-refractivity contribution in [3.8, 4) is 0 Å². The Kier molecular flexibility index (Phi) is 7.24. The third kappa shape index (κ3) is 5.31. The fraction of sp³-hybridized carbons (Fsp3) is 0.200. The van der Waals surface area contributed by atoms with Gasteiger partial charge in [-0.2, -0.15) is 16.8 Å². The van der Waals surface area contributed by atoms with E-state index >= 15 is 0 Å². The molecule has 0 N–H and O–H groups in total. The molecule has 38 heavy (non-hydrogen) atoms. The molecule has 0 heterocycles. The monoisotopic (exact) mass is 548 g/mol. The van der Waals surface area contributed by atoms with Gasteiger partial charge in [-0.3, -0.25) is 8.37 Å². The van der Waals surface area contributed by atoms with E-state index in [2.05, 4.69) is 0 Å². The van der Waals surface area contributed by atoms with Crippen LogP contribution in [0.5, 0.6) is 0 Å². The van der Waals surface area contributed by atoms with Crippen LogP contribution in [0.1, 0.15) is 45.2 Å². The van der Waals surface area contributed by atoms with Crippen LogP contribution in [0.2, 0.25) is 0 Å². The predicted octanol–water partition coefficient (Wildman–Crippen LogP) is 5.69. The number of hydrogen-bond acceptors (Lipinski definition) is 6. The summed E-state index contributed by atoms with van der Waals surface area (Å²) in [7, 11) is -7.92. The van der Waals surface area contributed by atoms with Crippen molar-refractivity contribution < 1.29 is 25.2 Å². The fourth-order valence-electron chi connectivity index (χ4n) is 4.85. The van der Waals surface area contributed by atoms with Crippen LogP contribution in [-0.4, -0.2) is 30.0 Å². The number of rotatable bonds is 8. The maximum atomic E-state index is 12.9. The summed E-state index contributed by atoms with van der Waals surface area (Å²) in [6.07, 6.45) is 0. The molecule has 6 nitrogen and oxygen atoms in total. The first-order chi connectivity index (χ1) is 18.2. The molecule has 0 amide bonds. The number of aryl methyl sites for hydroxylation is 2. The first-order valence-corrected chi connectivity index (χ1v) is 15.1. The third-order valence-electron chi connectivity index (χ3n) is 6.89. The smallest absolute Gasteiger partial charge is 0.265 e. The van der Waals surface area contributed by atoms with Gasteiger partial charge in [0, 0.05) is 11.8 Å². The third-order valence-corrected chi connectivity index (χ3v) is 9.48. The second-order valence-corrected chi connectivity index (χ2v) is 12.7. The van der Waals surface area contributed by atoms with E-state index in [1.54, 1.807) is 24.3 Å². The molecular formula is C30H28O6S2. The zero-order valence-corrected chi connectivity index (χ0v) is 22.7. The second-order valence-electron chi connectivity index (χ2n) is 9.47. The van der Waals surface area contributed by atoms with E-state index in [0.717, 1.165) is 33.4 Å². The highest BCUT2D eigenvalue weighted by molar-refractivity contribution is 7.87. The van der Waals surface area contributed by atoms with E-state index in [1.165, 1.54) is 24.3 Å². The molecule has 0 unspecified atom stereocenters. The van der Waals surface area contributed by atoms with Crippen LogP contribution in [0.15, 0.2) is 107 Å². The van der Waals surface area contributed by atoms with Gasteiger partial charge in [0.05, 0.1) is 23.0 Å². The van der Waals surface area contributed by atoms with Crippen molar-refractivity contribution in [2.24, 2.45) is 0 Å².